The summed E-state index contributed by atoms with van der Waals surface area (Å²) in [5, 5.41) is 13.3. The number of anilines is 2. The molecule has 3 aromatic rings. The molecule has 26 heavy (non-hydrogen) atoms. The number of thiazole rings is 1. The minimum Gasteiger partial charge on any atom is -0.383 e. The molecule has 0 unspecified atom stereocenters. The SMILES string of the molecule is CSc1sc(C(=N)N)cc1-c1csc(Nc2cccc(C(=O)C=O)c2)n1. The fraction of sp³-hybridized carbons (Fsp3) is 0.0588. The van der Waals surface area contributed by atoms with Crippen molar-refractivity contribution in [2.24, 2.45) is 5.73 Å². The Morgan fingerprint density at radius 1 is 1.38 bits per heavy atom. The van der Waals surface area contributed by atoms with Crippen molar-refractivity contribution in [1.29, 1.82) is 5.41 Å². The summed E-state index contributed by atoms with van der Waals surface area (Å²) < 4.78 is 1.05. The lowest BCUT2D eigenvalue weighted by Crippen LogP contribution is -2.08. The number of hydrogen-bond donors (Lipinski definition) is 3. The van der Waals surface area contributed by atoms with Gasteiger partial charge in [0.1, 0.15) is 5.84 Å². The van der Waals surface area contributed by atoms with Crippen LogP contribution in [-0.4, -0.2) is 29.1 Å². The zero-order valence-electron chi connectivity index (χ0n) is 13.6. The van der Waals surface area contributed by atoms with E-state index in [-0.39, 0.29) is 5.84 Å². The van der Waals surface area contributed by atoms with E-state index in [1.54, 1.807) is 36.0 Å². The summed E-state index contributed by atoms with van der Waals surface area (Å²) in [6.07, 6.45) is 2.27. The number of carbonyl (C=O) groups is 2. The molecule has 2 aromatic heterocycles. The molecule has 9 heteroatoms. The summed E-state index contributed by atoms with van der Waals surface area (Å²) >= 11 is 4.49. The maximum Gasteiger partial charge on any atom is 0.225 e. The van der Waals surface area contributed by atoms with Gasteiger partial charge in [-0.1, -0.05) is 12.1 Å². The molecule has 0 saturated heterocycles. The maximum absolute atomic E-state index is 11.5. The molecule has 0 aliphatic heterocycles. The first-order valence-electron chi connectivity index (χ1n) is 7.36. The predicted molar refractivity (Wildman–Crippen MR) is 108 cm³/mol. The Morgan fingerprint density at radius 2 is 2.19 bits per heavy atom. The Kier molecular flexibility index (Phi) is 5.50. The van der Waals surface area contributed by atoms with Gasteiger partial charge in [0.25, 0.3) is 0 Å². The van der Waals surface area contributed by atoms with Gasteiger partial charge in [0.2, 0.25) is 5.78 Å². The number of ketones is 1. The van der Waals surface area contributed by atoms with Crippen LogP contribution in [0.5, 0.6) is 0 Å². The number of rotatable bonds is 7. The van der Waals surface area contributed by atoms with Crippen molar-refractivity contribution in [2.45, 2.75) is 4.21 Å². The average molecular weight is 403 g/mol. The molecule has 132 valence electrons. The highest BCUT2D eigenvalue weighted by molar-refractivity contribution is 8.00. The summed E-state index contributed by atoms with van der Waals surface area (Å²) in [5.74, 6) is -0.519. The second-order valence-electron chi connectivity index (χ2n) is 5.16. The maximum atomic E-state index is 11.5. The Bertz CT molecular complexity index is 994. The van der Waals surface area contributed by atoms with Gasteiger partial charge in [-0.15, -0.1) is 34.4 Å². The van der Waals surface area contributed by atoms with Gasteiger partial charge in [-0.25, -0.2) is 4.98 Å². The zero-order chi connectivity index (χ0) is 18.7. The van der Waals surface area contributed by atoms with E-state index in [1.807, 2.05) is 17.7 Å². The van der Waals surface area contributed by atoms with Crippen molar-refractivity contribution < 1.29 is 9.59 Å². The molecular formula is C17H14N4O2S3. The lowest BCUT2D eigenvalue weighted by atomic mass is 10.1. The molecule has 3 rings (SSSR count). The quantitative estimate of drug-likeness (QED) is 0.138. The molecule has 0 atom stereocenters. The largest absolute Gasteiger partial charge is 0.383 e. The molecule has 2 heterocycles. The Hall–Kier alpha value is -2.49. The summed E-state index contributed by atoms with van der Waals surface area (Å²) in [6.45, 7) is 0. The van der Waals surface area contributed by atoms with Gasteiger partial charge in [0.15, 0.2) is 11.4 Å². The Labute approximate surface area is 162 Å². The van der Waals surface area contributed by atoms with E-state index in [1.165, 1.54) is 22.7 Å². The summed E-state index contributed by atoms with van der Waals surface area (Å²) in [5.41, 5.74) is 8.34. The van der Waals surface area contributed by atoms with Crippen LogP contribution in [0.3, 0.4) is 0 Å². The third-order valence-electron chi connectivity index (χ3n) is 3.43. The van der Waals surface area contributed by atoms with E-state index in [2.05, 4.69) is 10.3 Å². The molecule has 1 aromatic carbocycles. The van der Waals surface area contributed by atoms with E-state index < -0.39 is 5.78 Å². The third kappa shape index (κ3) is 3.85. The number of Topliss-reactive ketones (excluding diaryl/α,β-unsaturated/α-hetero) is 1. The smallest absolute Gasteiger partial charge is 0.225 e. The monoisotopic (exact) mass is 402 g/mol. The van der Waals surface area contributed by atoms with Crippen LogP contribution in [0.25, 0.3) is 11.3 Å². The van der Waals surface area contributed by atoms with Crippen LogP contribution in [0.2, 0.25) is 0 Å². The van der Waals surface area contributed by atoms with Crippen molar-refractivity contribution in [3.63, 3.8) is 0 Å². The third-order valence-corrected chi connectivity index (χ3v) is 6.50. The molecule has 0 saturated carbocycles. The minimum absolute atomic E-state index is 0.0433. The number of benzene rings is 1. The Morgan fingerprint density at radius 3 is 2.88 bits per heavy atom. The standard InChI is InChI=1S/C17H14N4O2S3/c1-24-16-11(6-14(26-16)15(18)19)12-8-25-17(21-12)20-10-4-2-3-9(5-10)13(23)7-22/h2-8H,1H3,(H3,18,19)(H,20,21). The normalized spacial score (nSPS) is 10.5. The van der Waals surface area contributed by atoms with Gasteiger partial charge in [-0.3, -0.25) is 15.0 Å². The van der Waals surface area contributed by atoms with Crippen molar-refractivity contribution in [1.82, 2.24) is 4.98 Å². The number of aromatic nitrogens is 1. The molecular weight excluding hydrogens is 388 g/mol. The first-order valence-corrected chi connectivity index (χ1v) is 10.3. The van der Waals surface area contributed by atoms with E-state index >= 15 is 0 Å². The molecule has 0 spiro atoms. The van der Waals surface area contributed by atoms with Crippen LogP contribution in [-0.2, 0) is 4.79 Å². The molecule has 0 bridgehead atoms. The van der Waals surface area contributed by atoms with Crippen LogP contribution >= 0.6 is 34.4 Å². The highest BCUT2D eigenvalue weighted by Gasteiger charge is 2.15. The van der Waals surface area contributed by atoms with Crippen LogP contribution in [0.4, 0.5) is 10.8 Å². The lowest BCUT2D eigenvalue weighted by Gasteiger charge is -2.03. The molecule has 0 aliphatic carbocycles. The number of nitrogens with zero attached hydrogens (tertiary/aromatic N) is 1. The van der Waals surface area contributed by atoms with E-state index in [0.29, 0.717) is 27.5 Å². The number of thiophene rings is 1. The number of carbonyl (C=O) groups excluding carboxylic acids is 2. The van der Waals surface area contributed by atoms with Crippen molar-refractivity contribution >= 4 is 63.2 Å². The second-order valence-corrected chi connectivity index (χ2v) is 8.14. The molecule has 6 nitrogen and oxygen atoms in total. The van der Waals surface area contributed by atoms with Crippen molar-refractivity contribution in [2.75, 3.05) is 11.6 Å². The number of amidine groups is 1. The van der Waals surface area contributed by atoms with Gasteiger partial charge in [0, 0.05) is 22.2 Å². The van der Waals surface area contributed by atoms with Gasteiger partial charge in [-0.2, -0.15) is 0 Å². The van der Waals surface area contributed by atoms with Crippen molar-refractivity contribution in [3.05, 3.63) is 46.2 Å². The number of nitrogen functional groups attached to an aromatic ring is 1. The first kappa shape index (κ1) is 18.3. The van der Waals surface area contributed by atoms with Crippen LogP contribution in [0.1, 0.15) is 15.2 Å². The van der Waals surface area contributed by atoms with E-state index in [4.69, 9.17) is 11.1 Å². The van der Waals surface area contributed by atoms with Crippen LogP contribution in [0.15, 0.2) is 39.9 Å². The van der Waals surface area contributed by atoms with E-state index in [9.17, 15) is 9.59 Å². The highest BCUT2D eigenvalue weighted by atomic mass is 32.2. The molecule has 4 N–H and O–H groups in total. The van der Waals surface area contributed by atoms with Gasteiger partial charge in [0.05, 0.1) is 14.8 Å². The first-order chi connectivity index (χ1) is 12.5. The van der Waals surface area contributed by atoms with Crippen molar-refractivity contribution in [3.8, 4) is 11.3 Å². The van der Waals surface area contributed by atoms with Crippen LogP contribution in [0, 0.1) is 5.41 Å². The molecule has 0 aliphatic rings. The number of nitrogens with two attached hydrogens (primary N) is 1. The van der Waals surface area contributed by atoms with E-state index in [0.717, 1.165) is 15.5 Å². The lowest BCUT2D eigenvalue weighted by molar-refractivity contribution is -0.104. The average Bonchev–Trinajstić information content (AvgIpc) is 3.27. The fourth-order valence-corrected chi connectivity index (χ4v) is 4.71. The van der Waals surface area contributed by atoms with Crippen LogP contribution < -0.4 is 11.1 Å². The topological polar surface area (TPSA) is 109 Å². The summed E-state index contributed by atoms with van der Waals surface area (Å²) in [6, 6.07) is 8.59. The molecule has 0 radical (unpaired) electrons. The van der Waals surface area contributed by atoms with Gasteiger partial charge >= 0.3 is 0 Å². The minimum atomic E-state index is -0.562. The summed E-state index contributed by atoms with van der Waals surface area (Å²) in [7, 11) is 0. The fourth-order valence-electron chi connectivity index (χ4n) is 2.23. The van der Waals surface area contributed by atoms with Gasteiger partial charge in [-0.05, 0) is 24.5 Å². The number of aldehydes is 1. The number of thioether (sulfide) groups is 1. The molecule has 0 fully saturated rings. The number of hydrogen-bond acceptors (Lipinski definition) is 8. The highest BCUT2D eigenvalue weighted by Crippen LogP contribution is 2.39. The Balaban J connectivity index is 1.86. The molecule has 0 amide bonds. The predicted octanol–water partition coefficient (Wildman–Crippen LogP) is 4.00. The second kappa shape index (κ2) is 7.81. The summed E-state index contributed by atoms with van der Waals surface area (Å²) in [4.78, 5) is 27.4. The van der Waals surface area contributed by atoms with Gasteiger partial charge < -0.3 is 11.1 Å². The number of nitrogens with one attached hydrogen (secondary N) is 2. The zero-order valence-corrected chi connectivity index (χ0v) is 16.1.